The van der Waals surface area contributed by atoms with Gasteiger partial charge in [0.2, 0.25) is 0 Å². The van der Waals surface area contributed by atoms with Gasteiger partial charge in [-0.1, -0.05) is 24.3 Å². The molecule has 0 saturated carbocycles. The highest BCUT2D eigenvalue weighted by Gasteiger charge is 2.34. The second-order valence-corrected chi connectivity index (χ2v) is 5.41. The molecule has 1 saturated heterocycles. The van der Waals surface area contributed by atoms with Gasteiger partial charge < -0.3 is 10.5 Å². The quantitative estimate of drug-likeness (QED) is 0.888. The molecule has 2 rings (SSSR count). The van der Waals surface area contributed by atoms with Crippen LogP contribution in [0.1, 0.15) is 37.4 Å². The van der Waals surface area contributed by atoms with E-state index in [1.54, 1.807) is 7.11 Å². The molecule has 1 aliphatic heterocycles. The van der Waals surface area contributed by atoms with Crippen molar-refractivity contribution < 1.29 is 4.74 Å². The Morgan fingerprint density at radius 2 is 2.22 bits per heavy atom. The number of likely N-dealkylation sites (tertiary alicyclic amines) is 1. The lowest BCUT2D eigenvalue weighted by Crippen LogP contribution is -2.35. The zero-order chi connectivity index (χ0) is 13.1. The average Bonchev–Trinajstić information content (AvgIpc) is 2.72. The summed E-state index contributed by atoms with van der Waals surface area (Å²) >= 11 is 0. The van der Waals surface area contributed by atoms with Crippen molar-refractivity contribution >= 4 is 0 Å². The van der Waals surface area contributed by atoms with E-state index in [9.17, 15) is 0 Å². The van der Waals surface area contributed by atoms with E-state index in [0.717, 1.165) is 13.0 Å². The summed E-state index contributed by atoms with van der Waals surface area (Å²) in [5.41, 5.74) is 8.83. The highest BCUT2D eigenvalue weighted by Crippen LogP contribution is 2.33. The van der Waals surface area contributed by atoms with E-state index in [1.165, 1.54) is 11.1 Å². The van der Waals surface area contributed by atoms with Crippen molar-refractivity contribution in [3.05, 3.63) is 35.4 Å². The largest absolute Gasteiger partial charge is 0.380 e. The Morgan fingerprint density at radius 1 is 1.44 bits per heavy atom. The summed E-state index contributed by atoms with van der Waals surface area (Å²) in [6.07, 6.45) is 1.08. The van der Waals surface area contributed by atoms with Gasteiger partial charge in [-0.2, -0.15) is 0 Å². The number of benzene rings is 1. The van der Waals surface area contributed by atoms with Crippen LogP contribution in [0.2, 0.25) is 0 Å². The molecule has 100 valence electrons. The van der Waals surface area contributed by atoms with E-state index in [4.69, 9.17) is 10.5 Å². The zero-order valence-corrected chi connectivity index (χ0v) is 11.6. The zero-order valence-electron chi connectivity index (χ0n) is 11.6. The van der Waals surface area contributed by atoms with E-state index in [0.29, 0.717) is 18.7 Å². The first-order valence-electron chi connectivity index (χ1n) is 6.72. The van der Waals surface area contributed by atoms with Crippen LogP contribution in [0.25, 0.3) is 0 Å². The molecule has 0 aliphatic carbocycles. The Labute approximate surface area is 110 Å². The third-order valence-electron chi connectivity index (χ3n) is 3.75. The SMILES string of the molecule is COCc1cccc(C2C(N)CCN2C(C)C)c1. The van der Waals surface area contributed by atoms with Crippen LogP contribution in [0.4, 0.5) is 0 Å². The maximum Gasteiger partial charge on any atom is 0.0713 e. The summed E-state index contributed by atoms with van der Waals surface area (Å²) in [5.74, 6) is 0. The molecule has 18 heavy (non-hydrogen) atoms. The number of ether oxygens (including phenoxy) is 1. The molecule has 0 aromatic heterocycles. The Morgan fingerprint density at radius 3 is 2.89 bits per heavy atom. The number of rotatable bonds is 4. The van der Waals surface area contributed by atoms with E-state index >= 15 is 0 Å². The highest BCUT2D eigenvalue weighted by atomic mass is 16.5. The minimum atomic E-state index is 0.241. The third kappa shape index (κ3) is 2.74. The van der Waals surface area contributed by atoms with Gasteiger partial charge in [0, 0.05) is 25.7 Å². The summed E-state index contributed by atoms with van der Waals surface area (Å²) < 4.78 is 5.20. The molecule has 2 unspecified atom stereocenters. The molecule has 0 radical (unpaired) electrons. The summed E-state index contributed by atoms with van der Waals surface area (Å²) in [6.45, 7) is 6.24. The first kappa shape index (κ1) is 13.5. The third-order valence-corrected chi connectivity index (χ3v) is 3.75. The summed E-state index contributed by atoms with van der Waals surface area (Å²) in [4.78, 5) is 2.50. The van der Waals surface area contributed by atoms with Gasteiger partial charge in [0.1, 0.15) is 0 Å². The van der Waals surface area contributed by atoms with Crippen molar-refractivity contribution in [2.75, 3.05) is 13.7 Å². The smallest absolute Gasteiger partial charge is 0.0713 e. The maximum absolute atomic E-state index is 6.29. The number of nitrogens with two attached hydrogens (primary N) is 1. The number of nitrogens with zero attached hydrogens (tertiary/aromatic N) is 1. The summed E-state index contributed by atoms with van der Waals surface area (Å²) in [7, 11) is 1.73. The fraction of sp³-hybridized carbons (Fsp3) is 0.600. The molecule has 2 atom stereocenters. The van der Waals surface area contributed by atoms with Crippen molar-refractivity contribution in [3.63, 3.8) is 0 Å². The minimum absolute atomic E-state index is 0.241. The fourth-order valence-electron chi connectivity index (χ4n) is 2.89. The number of hydrogen-bond acceptors (Lipinski definition) is 3. The molecule has 3 heteroatoms. The van der Waals surface area contributed by atoms with Crippen molar-refractivity contribution in [2.45, 2.75) is 45.0 Å². The van der Waals surface area contributed by atoms with Crippen molar-refractivity contribution in [1.82, 2.24) is 4.90 Å². The van der Waals surface area contributed by atoms with E-state index < -0.39 is 0 Å². The van der Waals surface area contributed by atoms with Crippen LogP contribution in [0.15, 0.2) is 24.3 Å². The van der Waals surface area contributed by atoms with Gasteiger partial charge in [0.25, 0.3) is 0 Å². The number of methoxy groups -OCH3 is 1. The predicted octanol–water partition coefficient (Wildman–Crippen LogP) is 2.32. The molecular weight excluding hydrogens is 224 g/mol. The summed E-state index contributed by atoms with van der Waals surface area (Å²) in [6, 6.07) is 9.75. The lowest BCUT2D eigenvalue weighted by molar-refractivity contribution is 0.183. The molecule has 1 aromatic rings. The standard InChI is InChI=1S/C15H24N2O/c1-11(2)17-8-7-14(16)15(17)13-6-4-5-12(9-13)10-18-3/h4-6,9,11,14-15H,7-8,10,16H2,1-3H3. The lowest BCUT2D eigenvalue weighted by atomic mass is 9.98. The van der Waals surface area contributed by atoms with Gasteiger partial charge in [-0.3, -0.25) is 4.90 Å². The Hall–Kier alpha value is -0.900. The number of hydrogen-bond donors (Lipinski definition) is 1. The molecule has 1 fully saturated rings. The van der Waals surface area contributed by atoms with Gasteiger partial charge in [0.15, 0.2) is 0 Å². The van der Waals surface area contributed by atoms with Crippen molar-refractivity contribution in [2.24, 2.45) is 5.73 Å². The fourth-order valence-corrected chi connectivity index (χ4v) is 2.89. The highest BCUT2D eigenvalue weighted by molar-refractivity contribution is 5.28. The van der Waals surface area contributed by atoms with Crippen LogP contribution >= 0.6 is 0 Å². The van der Waals surface area contributed by atoms with E-state index in [-0.39, 0.29) is 6.04 Å². The predicted molar refractivity (Wildman–Crippen MR) is 74.3 cm³/mol. The molecule has 2 N–H and O–H groups in total. The van der Waals surface area contributed by atoms with Gasteiger partial charge in [-0.15, -0.1) is 0 Å². The topological polar surface area (TPSA) is 38.5 Å². The second kappa shape index (κ2) is 5.83. The van der Waals surface area contributed by atoms with Gasteiger partial charge in [-0.25, -0.2) is 0 Å². The van der Waals surface area contributed by atoms with E-state index in [2.05, 4.69) is 43.0 Å². The van der Waals surface area contributed by atoms with Crippen LogP contribution in [0, 0.1) is 0 Å². The molecule has 0 bridgehead atoms. The van der Waals surface area contributed by atoms with Gasteiger partial charge in [-0.05, 0) is 31.4 Å². The Kier molecular flexibility index (Phi) is 4.38. The first-order valence-corrected chi connectivity index (χ1v) is 6.72. The Balaban J connectivity index is 2.25. The van der Waals surface area contributed by atoms with Gasteiger partial charge in [0.05, 0.1) is 12.6 Å². The van der Waals surface area contributed by atoms with Crippen LogP contribution in [-0.4, -0.2) is 30.6 Å². The molecule has 1 aliphatic rings. The molecule has 3 nitrogen and oxygen atoms in total. The van der Waals surface area contributed by atoms with Crippen LogP contribution in [-0.2, 0) is 11.3 Å². The van der Waals surface area contributed by atoms with Gasteiger partial charge >= 0.3 is 0 Å². The maximum atomic E-state index is 6.29. The normalized spacial score (nSPS) is 24.9. The minimum Gasteiger partial charge on any atom is -0.380 e. The lowest BCUT2D eigenvalue weighted by Gasteiger charge is -2.30. The van der Waals surface area contributed by atoms with Crippen molar-refractivity contribution in [3.8, 4) is 0 Å². The average molecular weight is 248 g/mol. The van der Waals surface area contributed by atoms with Crippen LogP contribution in [0.5, 0.6) is 0 Å². The molecular formula is C15H24N2O. The van der Waals surface area contributed by atoms with E-state index in [1.807, 2.05) is 0 Å². The molecule has 0 spiro atoms. The van der Waals surface area contributed by atoms with Crippen LogP contribution < -0.4 is 5.73 Å². The second-order valence-electron chi connectivity index (χ2n) is 5.41. The Bertz CT molecular complexity index is 392. The molecule has 1 aromatic carbocycles. The summed E-state index contributed by atoms with van der Waals surface area (Å²) in [5, 5.41) is 0. The molecule has 1 heterocycles. The van der Waals surface area contributed by atoms with Crippen molar-refractivity contribution in [1.29, 1.82) is 0 Å². The van der Waals surface area contributed by atoms with Crippen LogP contribution in [0.3, 0.4) is 0 Å². The molecule has 0 amide bonds. The monoisotopic (exact) mass is 248 g/mol. The first-order chi connectivity index (χ1) is 8.63.